The third kappa shape index (κ3) is 1.12. The lowest BCUT2D eigenvalue weighted by Crippen LogP contribution is -2.35. The highest BCUT2D eigenvalue weighted by molar-refractivity contribution is 5.76. The van der Waals surface area contributed by atoms with Crippen LogP contribution in [-0.2, 0) is 9.53 Å². The molecule has 3 atom stereocenters. The number of esters is 1. The summed E-state index contributed by atoms with van der Waals surface area (Å²) >= 11 is 0. The van der Waals surface area contributed by atoms with E-state index in [9.17, 15) is 4.79 Å². The van der Waals surface area contributed by atoms with Crippen LogP contribution >= 0.6 is 0 Å². The van der Waals surface area contributed by atoms with Gasteiger partial charge in [0, 0.05) is 6.04 Å². The molecular weight excluding hydrogens is 154 g/mol. The lowest BCUT2D eigenvalue weighted by Gasteiger charge is -2.12. The van der Waals surface area contributed by atoms with Crippen LogP contribution in [0.3, 0.4) is 0 Å². The lowest BCUT2D eigenvalue weighted by molar-refractivity contribution is -0.145. The van der Waals surface area contributed by atoms with E-state index in [2.05, 4.69) is 12.2 Å². The molecule has 0 spiro atoms. The van der Waals surface area contributed by atoms with Crippen LogP contribution in [-0.4, -0.2) is 24.7 Å². The molecule has 1 heterocycles. The van der Waals surface area contributed by atoms with E-state index in [1.54, 1.807) is 0 Å². The number of hydrogen-bond acceptors (Lipinski definition) is 3. The van der Waals surface area contributed by atoms with Crippen molar-refractivity contribution in [2.75, 3.05) is 6.61 Å². The predicted molar refractivity (Wildman–Crippen MR) is 44.7 cm³/mol. The minimum atomic E-state index is -0.0778. The highest BCUT2D eigenvalue weighted by atomic mass is 16.5. The number of carbonyl (C=O) groups excluding carboxylic acids is 1. The number of fused-ring (bicyclic) bond motifs is 1. The largest absolute Gasteiger partial charge is 0.465 e. The Kier molecular flexibility index (Phi) is 1.65. The first-order valence-corrected chi connectivity index (χ1v) is 4.58. The van der Waals surface area contributed by atoms with E-state index in [0.717, 1.165) is 6.42 Å². The van der Waals surface area contributed by atoms with Gasteiger partial charge in [0.15, 0.2) is 0 Å². The van der Waals surface area contributed by atoms with Crippen LogP contribution in [0.25, 0.3) is 0 Å². The van der Waals surface area contributed by atoms with Gasteiger partial charge in [-0.3, -0.25) is 4.79 Å². The van der Waals surface area contributed by atoms with Crippen molar-refractivity contribution in [1.82, 2.24) is 5.32 Å². The molecule has 1 aliphatic heterocycles. The summed E-state index contributed by atoms with van der Waals surface area (Å²) in [6.07, 6.45) is 2.18. The fourth-order valence-electron chi connectivity index (χ4n) is 2.06. The minimum absolute atomic E-state index is 0.0336. The van der Waals surface area contributed by atoms with E-state index in [4.69, 9.17) is 4.74 Å². The van der Waals surface area contributed by atoms with Crippen molar-refractivity contribution in [2.45, 2.75) is 38.8 Å². The van der Waals surface area contributed by atoms with Crippen LogP contribution in [0.15, 0.2) is 0 Å². The normalized spacial score (nSPS) is 43.8. The molecular formula is C9H15NO2. The molecule has 1 aliphatic carbocycles. The fourth-order valence-corrected chi connectivity index (χ4v) is 2.06. The molecule has 1 N–H and O–H groups in total. The highest BCUT2D eigenvalue weighted by Gasteiger charge is 2.58. The van der Waals surface area contributed by atoms with E-state index in [-0.39, 0.29) is 12.0 Å². The molecule has 0 aromatic rings. The number of carbonyl (C=O) groups is 1. The molecule has 0 amide bonds. The highest BCUT2D eigenvalue weighted by Crippen LogP contribution is 2.53. The van der Waals surface area contributed by atoms with Gasteiger partial charge in [-0.15, -0.1) is 0 Å². The molecule has 2 aliphatic rings. The molecule has 1 saturated heterocycles. The van der Waals surface area contributed by atoms with Crippen LogP contribution in [0.4, 0.5) is 0 Å². The van der Waals surface area contributed by atoms with Crippen LogP contribution < -0.4 is 5.32 Å². The average Bonchev–Trinajstić information content (AvgIpc) is 2.51. The first-order valence-electron chi connectivity index (χ1n) is 4.58. The van der Waals surface area contributed by atoms with Crippen LogP contribution in [0.2, 0.25) is 0 Å². The van der Waals surface area contributed by atoms with Crippen molar-refractivity contribution < 1.29 is 9.53 Å². The number of hydrogen-bond donors (Lipinski definition) is 1. The van der Waals surface area contributed by atoms with Crippen molar-refractivity contribution in [2.24, 2.45) is 5.41 Å². The third-order valence-corrected chi connectivity index (χ3v) is 3.00. The Morgan fingerprint density at radius 2 is 2.42 bits per heavy atom. The standard InChI is InChI=1S/C9H15NO2/c1-3-12-8(11)6-4-9(2)5-7(9)10-6/h6-7,10H,3-5H2,1-2H3/t6?,7-,9?/m0/s1. The van der Waals surface area contributed by atoms with Crippen molar-refractivity contribution >= 4 is 5.97 Å². The summed E-state index contributed by atoms with van der Waals surface area (Å²) in [6, 6.07) is 0.542. The van der Waals surface area contributed by atoms with Gasteiger partial charge in [0.1, 0.15) is 6.04 Å². The first kappa shape index (κ1) is 8.05. The molecule has 2 unspecified atom stereocenters. The summed E-state index contributed by atoms with van der Waals surface area (Å²) in [4.78, 5) is 11.3. The van der Waals surface area contributed by atoms with Crippen LogP contribution in [0.1, 0.15) is 26.7 Å². The van der Waals surface area contributed by atoms with E-state index in [1.807, 2.05) is 6.92 Å². The summed E-state index contributed by atoms with van der Waals surface area (Å²) in [5, 5.41) is 3.28. The zero-order chi connectivity index (χ0) is 8.77. The molecule has 3 nitrogen and oxygen atoms in total. The van der Waals surface area contributed by atoms with Crippen LogP contribution in [0, 0.1) is 5.41 Å². The number of ether oxygens (including phenoxy) is 1. The van der Waals surface area contributed by atoms with Gasteiger partial charge in [-0.05, 0) is 25.2 Å². The molecule has 12 heavy (non-hydrogen) atoms. The number of rotatable bonds is 2. The second-order valence-corrected chi connectivity index (χ2v) is 4.09. The summed E-state index contributed by atoms with van der Waals surface area (Å²) in [5.41, 5.74) is 0.400. The minimum Gasteiger partial charge on any atom is -0.465 e. The first-order chi connectivity index (χ1) is 5.65. The van der Waals surface area contributed by atoms with Crippen molar-refractivity contribution in [3.8, 4) is 0 Å². The maximum atomic E-state index is 11.3. The van der Waals surface area contributed by atoms with E-state index < -0.39 is 0 Å². The monoisotopic (exact) mass is 169 g/mol. The summed E-state index contributed by atoms with van der Waals surface area (Å²) < 4.78 is 4.94. The summed E-state index contributed by atoms with van der Waals surface area (Å²) in [5.74, 6) is -0.0778. The SMILES string of the molecule is CCOC(=O)C1CC2(C)C[C@@H]2N1. The van der Waals surface area contributed by atoms with Gasteiger partial charge >= 0.3 is 5.97 Å². The Morgan fingerprint density at radius 3 is 2.92 bits per heavy atom. The van der Waals surface area contributed by atoms with Gasteiger partial charge < -0.3 is 10.1 Å². The summed E-state index contributed by atoms with van der Waals surface area (Å²) in [7, 11) is 0. The Hall–Kier alpha value is -0.570. The average molecular weight is 169 g/mol. The second kappa shape index (κ2) is 2.46. The molecule has 1 saturated carbocycles. The van der Waals surface area contributed by atoms with Gasteiger partial charge in [-0.25, -0.2) is 0 Å². The van der Waals surface area contributed by atoms with Crippen LogP contribution in [0.5, 0.6) is 0 Å². The van der Waals surface area contributed by atoms with E-state index >= 15 is 0 Å². The maximum Gasteiger partial charge on any atom is 0.323 e. The van der Waals surface area contributed by atoms with Gasteiger partial charge in [0.2, 0.25) is 0 Å². The molecule has 2 rings (SSSR count). The van der Waals surface area contributed by atoms with Gasteiger partial charge in [0.05, 0.1) is 6.61 Å². The molecule has 0 radical (unpaired) electrons. The van der Waals surface area contributed by atoms with Gasteiger partial charge in [-0.1, -0.05) is 6.92 Å². The smallest absolute Gasteiger partial charge is 0.323 e. The zero-order valence-electron chi connectivity index (χ0n) is 7.59. The Morgan fingerprint density at radius 1 is 1.67 bits per heavy atom. The topological polar surface area (TPSA) is 38.3 Å². The molecule has 2 fully saturated rings. The molecule has 68 valence electrons. The Labute approximate surface area is 72.5 Å². The summed E-state index contributed by atoms with van der Waals surface area (Å²) in [6.45, 7) is 4.55. The Balaban J connectivity index is 1.88. The Bertz CT molecular complexity index is 217. The van der Waals surface area contributed by atoms with Crippen molar-refractivity contribution in [1.29, 1.82) is 0 Å². The zero-order valence-corrected chi connectivity index (χ0v) is 7.59. The van der Waals surface area contributed by atoms with E-state index in [0.29, 0.717) is 18.1 Å². The molecule has 3 heteroatoms. The van der Waals surface area contributed by atoms with E-state index in [1.165, 1.54) is 6.42 Å². The molecule has 0 aromatic carbocycles. The lowest BCUT2D eigenvalue weighted by atomic mass is 10.0. The predicted octanol–water partition coefficient (Wildman–Crippen LogP) is 0.690. The third-order valence-electron chi connectivity index (χ3n) is 3.00. The van der Waals surface area contributed by atoms with Gasteiger partial charge in [-0.2, -0.15) is 0 Å². The maximum absolute atomic E-state index is 11.3. The van der Waals surface area contributed by atoms with Crippen molar-refractivity contribution in [3.63, 3.8) is 0 Å². The quantitative estimate of drug-likeness (QED) is 0.618. The van der Waals surface area contributed by atoms with Crippen molar-refractivity contribution in [3.05, 3.63) is 0 Å². The second-order valence-electron chi connectivity index (χ2n) is 4.09. The fraction of sp³-hybridized carbons (Fsp3) is 0.889. The number of nitrogens with one attached hydrogen (secondary N) is 1. The van der Waals surface area contributed by atoms with Gasteiger partial charge in [0.25, 0.3) is 0 Å². The number of piperidine rings is 1. The molecule has 0 bridgehead atoms. The molecule has 0 aromatic heterocycles.